The number of alkyl halides is 3. The van der Waals surface area contributed by atoms with Crippen LogP contribution in [0.4, 0.5) is 33.9 Å². The molecule has 0 atom stereocenters. The van der Waals surface area contributed by atoms with E-state index >= 15 is 0 Å². The Morgan fingerprint density at radius 2 is 1.76 bits per heavy atom. The van der Waals surface area contributed by atoms with Crippen LogP contribution in [-0.4, -0.2) is 42.1 Å². The van der Waals surface area contributed by atoms with Gasteiger partial charge in [0.25, 0.3) is 0 Å². The monoisotopic (exact) mass is 472 g/mol. The number of nitrogens with zero attached hydrogens (tertiary/aromatic N) is 3. The molecule has 1 fully saturated rings. The van der Waals surface area contributed by atoms with Crippen molar-refractivity contribution < 1.29 is 22.4 Å². The molecule has 0 bridgehead atoms. The second kappa shape index (κ2) is 9.70. The van der Waals surface area contributed by atoms with Crippen molar-refractivity contribution in [2.24, 2.45) is 0 Å². The minimum Gasteiger partial charge on any atom is -0.356 e. The minimum absolute atomic E-state index is 0.00703. The Morgan fingerprint density at radius 1 is 1.03 bits per heavy atom. The van der Waals surface area contributed by atoms with Gasteiger partial charge in [0.05, 0.1) is 11.3 Å². The lowest BCUT2D eigenvalue weighted by Crippen LogP contribution is -2.47. The van der Waals surface area contributed by atoms with Crippen molar-refractivity contribution in [2.75, 3.05) is 30.4 Å². The van der Waals surface area contributed by atoms with E-state index in [4.69, 9.17) is 0 Å². The predicted octanol–water partition coefficient (Wildman–Crippen LogP) is 6.04. The van der Waals surface area contributed by atoms with Gasteiger partial charge in [0.15, 0.2) is 0 Å². The summed E-state index contributed by atoms with van der Waals surface area (Å²) in [5.74, 6) is 0.178. The highest BCUT2D eigenvalue weighted by molar-refractivity contribution is 5.90. The molecule has 0 radical (unpaired) electrons. The highest BCUT2D eigenvalue weighted by Gasteiger charge is 2.30. The molecule has 3 aromatic rings. The van der Waals surface area contributed by atoms with E-state index in [-0.39, 0.29) is 22.9 Å². The molecule has 0 spiro atoms. The van der Waals surface area contributed by atoms with Crippen molar-refractivity contribution in [3.05, 3.63) is 78.2 Å². The van der Waals surface area contributed by atoms with Gasteiger partial charge >= 0.3 is 12.2 Å². The standard InChI is InChI=1S/C25H24F4N4O/c1-32(20-10-13-33(14-11-20)23-7-2-3-12-30-23)24(34)31-22-9-8-18(16-21(22)26)17-5-4-6-19(15-17)25(27,28)29/h2-9,12,15-16,20H,10-11,13-14H2,1H3,(H,31,34). The molecule has 2 heterocycles. The fraction of sp³-hybridized carbons (Fsp3) is 0.280. The Labute approximate surface area is 195 Å². The van der Waals surface area contributed by atoms with Crippen LogP contribution in [0.5, 0.6) is 0 Å². The number of piperidine rings is 1. The third kappa shape index (κ3) is 5.30. The average molecular weight is 472 g/mol. The number of carbonyl (C=O) groups excluding carboxylic acids is 1. The van der Waals surface area contributed by atoms with Crippen molar-refractivity contribution in [2.45, 2.75) is 25.1 Å². The summed E-state index contributed by atoms with van der Waals surface area (Å²) in [5, 5.41) is 2.57. The number of halogens is 4. The third-order valence-electron chi connectivity index (χ3n) is 6.04. The zero-order valence-corrected chi connectivity index (χ0v) is 18.5. The molecule has 1 N–H and O–H groups in total. The highest BCUT2D eigenvalue weighted by atomic mass is 19.4. The van der Waals surface area contributed by atoms with Crippen molar-refractivity contribution >= 4 is 17.5 Å². The normalized spacial score (nSPS) is 14.7. The maximum absolute atomic E-state index is 14.7. The van der Waals surface area contributed by atoms with Gasteiger partial charge in [0, 0.05) is 32.4 Å². The summed E-state index contributed by atoms with van der Waals surface area (Å²) in [5.41, 5.74) is -0.308. The van der Waals surface area contributed by atoms with Crippen LogP contribution in [-0.2, 0) is 6.18 Å². The Kier molecular flexibility index (Phi) is 6.72. The largest absolute Gasteiger partial charge is 0.416 e. The number of nitrogens with one attached hydrogen (secondary N) is 1. The summed E-state index contributed by atoms with van der Waals surface area (Å²) in [4.78, 5) is 20.8. The number of pyridine rings is 1. The molecule has 1 aliphatic rings. The quantitative estimate of drug-likeness (QED) is 0.471. The Balaban J connectivity index is 1.39. The molecule has 178 valence electrons. The molecule has 5 nitrogen and oxygen atoms in total. The summed E-state index contributed by atoms with van der Waals surface area (Å²) >= 11 is 0. The molecule has 1 aromatic heterocycles. The Morgan fingerprint density at radius 3 is 2.41 bits per heavy atom. The van der Waals surface area contributed by atoms with E-state index in [2.05, 4.69) is 15.2 Å². The number of hydrogen-bond donors (Lipinski definition) is 1. The smallest absolute Gasteiger partial charge is 0.356 e. The lowest BCUT2D eigenvalue weighted by atomic mass is 10.0. The first-order valence-electron chi connectivity index (χ1n) is 10.9. The topological polar surface area (TPSA) is 48.5 Å². The second-order valence-electron chi connectivity index (χ2n) is 8.22. The summed E-state index contributed by atoms with van der Waals surface area (Å²) in [6.45, 7) is 1.50. The van der Waals surface area contributed by atoms with Gasteiger partial charge in [-0.25, -0.2) is 14.2 Å². The van der Waals surface area contributed by atoms with Gasteiger partial charge in [-0.05, 0) is 60.4 Å². The van der Waals surface area contributed by atoms with Crippen LogP contribution in [0.15, 0.2) is 66.9 Å². The van der Waals surface area contributed by atoms with Gasteiger partial charge in [-0.1, -0.05) is 24.3 Å². The van der Waals surface area contributed by atoms with Crippen LogP contribution in [0.25, 0.3) is 11.1 Å². The maximum Gasteiger partial charge on any atom is 0.416 e. The molecule has 0 aliphatic carbocycles. The number of anilines is 2. The number of hydrogen-bond acceptors (Lipinski definition) is 3. The summed E-state index contributed by atoms with van der Waals surface area (Å²) < 4.78 is 53.6. The van der Waals surface area contributed by atoms with Crippen LogP contribution in [0, 0.1) is 5.82 Å². The van der Waals surface area contributed by atoms with Gasteiger partial charge in [-0.2, -0.15) is 13.2 Å². The Bertz CT molecular complexity index is 1150. The van der Waals surface area contributed by atoms with E-state index in [1.165, 1.54) is 24.3 Å². The minimum atomic E-state index is -4.49. The zero-order valence-electron chi connectivity index (χ0n) is 18.5. The van der Waals surface area contributed by atoms with Crippen LogP contribution in [0.3, 0.4) is 0 Å². The molecule has 2 amide bonds. The highest BCUT2D eigenvalue weighted by Crippen LogP contribution is 2.33. The summed E-state index contributed by atoms with van der Waals surface area (Å²) in [6, 6.07) is 13.9. The first kappa shape index (κ1) is 23.5. The molecule has 1 aliphatic heterocycles. The van der Waals surface area contributed by atoms with Crippen LogP contribution < -0.4 is 10.2 Å². The lowest BCUT2D eigenvalue weighted by molar-refractivity contribution is -0.137. The summed E-state index contributed by atoms with van der Waals surface area (Å²) in [7, 11) is 1.67. The molecule has 4 rings (SSSR count). The fourth-order valence-electron chi connectivity index (χ4n) is 4.06. The maximum atomic E-state index is 14.7. The first-order valence-corrected chi connectivity index (χ1v) is 10.9. The van der Waals surface area contributed by atoms with Gasteiger partial charge in [-0.15, -0.1) is 0 Å². The Hall–Kier alpha value is -3.62. The van der Waals surface area contributed by atoms with Crippen molar-refractivity contribution in [1.29, 1.82) is 0 Å². The number of carbonyl (C=O) groups is 1. The van der Waals surface area contributed by atoms with Gasteiger partial charge < -0.3 is 15.1 Å². The van der Waals surface area contributed by atoms with Crippen molar-refractivity contribution in [3.63, 3.8) is 0 Å². The predicted molar refractivity (Wildman–Crippen MR) is 123 cm³/mol. The van der Waals surface area contributed by atoms with Crippen molar-refractivity contribution in [3.8, 4) is 11.1 Å². The number of amides is 2. The van der Waals surface area contributed by atoms with Crippen LogP contribution in [0.1, 0.15) is 18.4 Å². The molecular weight excluding hydrogens is 448 g/mol. The number of benzene rings is 2. The molecule has 9 heteroatoms. The lowest BCUT2D eigenvalue weighted by Gasteiger charge is -2.37. The third-order valence-corrected chi connectivity index (χ3v) is 6.04. The molecular formula is C25H24F4N4O. The van der Waals surface area contributed by atoms with Crippen LogP contribution in [0.2, 0.25) is 0 Å². The SMILES string of the molecule is CN(C(=O)Nc1ccc(-c2cccc(C(F)(F)F)c2)cc1F)C1CCN(c2ccccn2)CC1. The molecule has 2 aromatic carbocycles. The van der Waals surface area contributed by atoms with Crippen molar-refractivity contribution in [1.82, 2.24) is 9.88 Å². The molecule has 0 unspecified atom stereocenters. The molecule has 1 saturated heterocycles. The van der Waals surface area contributed by atoms with Crippen LogP contribution >= 0.6 is 0 Å². The van der Waals surface area contributed by atoms with E-state index in [0.717, 1.165) is 49.9 Å². The van der Waals surface area contributed by atoms with E-state index in [0.29, 0.717) is 0 Å². The first-order chi connectivity index (χ1) is 16.2. The van der Waals surface area contributed by atoms with E-state index in [1.54, 1.807) is 18.1 Å². The van der Waals surface area contributed by atoms with Gasteiger partial charge in [0.1, 0.15) is 11.6 Å². The van der Waals surface area contributed by atoms with E-state index in [9.17, 15) is 22.4 Å². The van der Waals surface area contributed by atoms with Gasteiger partial charge in [-0.3, -0.25) is 0 Å². The average Bonchev–Trinajstić information content (AvgIpc) is 2.85. The molecule has 0 saturated carbocycles. The van der Waals surface area contributed by atoms with E-state index in [1.807, 2.05) is 18.2 Å². The summed E-state index contributed by atoms with van der Waals surface area (Å²) in [6.07, 6.45) is -1.25. The number of urea groups is 1. The van der Waals surface area contributed by atoms with Gasteiger partial charge in [0.2, 0.25) is 0 Å². The van der Waals surface area contributed by atoms with E-state index < -0.39 is 23.6 Å². The number of aromatic nitrogens is 1. The second-order valence-corrected chi connectivity index (χ2v) is 8.22. The zero-order chi connectivity index (χ0) is 24.3. The number of rotatable bonds is 4. The fourth-order valence-corrected chi connectivity index (χ4v) is 4.06. The molecule has 34 heavy (non-hydrogen) atoms.